The minimum atomic E-state index is 0.324. The second-order valence-corrected chi connectivity index (χ2v) is 4.48. The fourth-order valence-electron chi connectivity index (χ4n) is 1.92. The summed E-state index contributed by atoms with van der Waals surface area (Å²) in [6, 6.07) is 8.93. The Balaban J connectivity index is 1.99. The van der Waals surface area contributed by atoms with E-state index in [0.29, 0.717) is 24.3 Å². The van der Waals surface area contributed by atoms with Gasteiger partial charge in [-0.05, 0) is 18.9 Å². The molecular weight excluding hydrogens is 226 g/mol. The molecule has 4 heteroatoms. The Morgan fingerprint density at radius 1 is 1.22 bits per heavy atom. The number of hydrogen-bond donors (Lipinski definition) is 1. The van der Waals surface area contributed by atoms with E-state index in [1.807, 2.05) is 0 Å². The van der Waals surface area contributed by atoms with E-state index in [2.05, 4.69) is 53.6 Å². The van der Waals surface area contributed by atoms with Crippen LogP contribution in [0.1, 0.15) is 42.2 Å². The molecule has 1 unspecified atom stereocenters. The van der Waals surface area contributed by atoms with Crippen LogP contribution in [0.3, 0.4) is 0 Å². The Bertz CT molecular complexity index is 490. The first-order valence-electron chi connectivity index (χ1n) is 6.28. The predicted molar refractivity (Wildman–Crippen MR) is 70.1 cm³/mol. The number of rotatable bonds is 5. The van der Waals surface area contributed by atoms with Gasteiger partial charge in [0.1, 0.15) is 0 Å². The number of nitrogens with zero attached hydrogens (tertiary/aromatic N) is 2. The number of benzene rings is 1. The molecule has 2 aromatic rings. The zero-order valence-corrected chi connectivity index (χ0v) is 11.1. The topological polar surface area (TPSA) is 51.0 Å². The molecule has 0 aliphatic carbocycles. The minimum absolute atomic E-state index is 0.324. The summed E-state index contributed by atoms with van der Waals surface area (Å²) in [5.74, 6) is 1.31. The van der Waals surface area contributed by atoms with Crippen molar-refractivity contribution < 1.29 is 4.52 Å². The molecule has 1 atom stereocenters. The molecule has 2 rings (SSSR count). The third-order valence-corrected chi connectivity index (χ3v) is 2.96. The van der Waals surface area contributed by atoms with Gasteiger partial charge >= 0.3 is 0 Å². The Kier molecular flexibility index (Phi) is 4.10. The van der Waals surface area contributed by atoms with Gasteiger partial charge in [0, 0.05) is 13.0 Å². The first-order chi connectivity index (χ1) is 8.69. The largest absolute Gasteiger partial charge is 0.340 e. The highest BCUT2D eigenvalue weighted by Gasteiger charge is 2.10. The van der Waals surface area contributed by atoms with E-state index in [1.54, 1.807) is 6.92 Å². The lowest BCUT2D eigenvalue weighted by Gasteiger charge is -2.16. The summed E-state index contributed by atoms with van der Waals surface area (Å²) in [5, 5.41) is 7.33. The average Bonchev–Trinajstić information content (AvgIpc) is 2.78. The highest BCUT2D eigenvalue weighted by molar-refractivity contribution is 5.24. The van der Waals surface area contributed by atoms with Crippen LogP contribution < -0.4 is 5.32 Å². The van der Waals surface area contributed by atoms with Crippen molar-refractivity contribution in [2.45, 2.75) is 39.8 Å². The lowest BCUT2D eigenvalue weighted by molar-refractivity contribution is 0.383. The maximum absolute atomic E-state index is 4.95. The van der Waals surface area contributed by atoms with Gasteiger partial charge < -0.3 is 9.84 Å². The summed E-state index contributed by atoms with van der Waals surface area (Å²) in [6.45, 7) is 6.69. The van der Waals surface area contributed by atoms with Gasteiger partial charge in [-0.15, -0.1) is 0 Å². The predicted octanol–water partition coefficient (Wildman–Crippen LogP) is 2.93. The van der Waals surface area contributed by atoms with Crippen LogP contribution in [-0.2, 0) is 6.54 Å². The van der Waals surface area contributed by atoms with Crippen molar-refractivity contribution in [3.63, 3.8) is 0 Å². The normalized spacial score (nSPS) is 12.6. The van der Waals surface area contributed by atoms with Gasteiger partial charge in [-0.2, -0.15) is 4.98 Å². The molecule has 0 amide bonds. The van der Waals surface area contributed by atoms with Crippen LogP contribution in [0.4, 0.5) is 0 Å². The maximum Gasteiger partial charge on any atom is 0.223 e. The number of hydrogen-bond acceptors (Lipinski definition) is 4. The Morgan fingerprint density at radius 2 is 1.94 bits per heavy atom. The van der Waals surface area contributed by atoms with Crippen LogP contribution in [0.2, 0.25) is 0 Å². The van der Waals surface area contributed by atoms with Crippen molar-refractivity contribution >= 4 is 0 Å². The van der Waals surface area contributed by atoms with E-state index in [1.165, 1.54) is 11.1 Å². The van der Waals surface area contributed by atoms with Crippen LogP contribution in [0.25, 0.3) is 0 Å². The molecule has 1 N–H and O–H groups in total. The molecule has 0 aliphatic heterocycles. The van der Waals surface area contributed by atoms with E-state index < -0.39 is 0 Å². The summed E-state index contributed by atoms with van der Waals surface area (Å²) in [4.78, 5) is 4.18. The molecule has 1 aromatic heterocycles. The van der Waals surface area contributed by atoms with Crippen LogP contribution >= 0.6 is 0 Å². The van der Waals surface area contributed by atoms with Crippen molar-refractivity contribution in [3.8, 4) is 0 Å². The fourth-order valence-corrected chi connectivity index (χ4v) is 1.92. The van der Waals surface area contributed by atoms with Crippen molar-refractivity contribution in [1.82, 2.24) is 15.5 Å². The first-order valence-corrected chi connectivity index (χ1v) is 6.28. The third-order valence-electron chi connectivity index (χ3n) is 2.96. The Morgan fingerprint density at radius 3 is 2.50 bits per heavy atom. The second kappa shape index (κ2) is 5.78. The molecular formula is C14H19N3O. The van der Waals surface area contributed by atoms with Gasteiger partial charge in [-0.3, -0.25) is 0 Å². The van der Waals surface area contributed by atoms with E-state index in [9.17, 15) is 0 Å². The lowest BCUT2D eigenvalue weighted by Crippen LogP contribution is -2.20. The van der Waals surface area contributed by atoms with E-state index in [-0.39, 0.29) is 0 Å². The number of nitrogens with one attached hydrogen (secondary N) is 1. The van der Waals surface area contributed by atoms with E-state index in [0.717, 1.165) is 6.42 Å². The molecule has 1 heterocycles. The van der Waals surface area contributed by atoms with Gasteiger partial charge in [0.15, 0.2) is 5.82 Å². The molecule has 0 bridgehead atoms. The molecule has 18 heavy (non-hydrogen) atoms. The highest BCUT2D eigenvalue weighted by Crippen LogP contribution is 2.17. The molecule has 0 aliphatic rings. The lowest BCUT2D eigenvalue weighted by atomic mass is 10.0. The van der Waals surface area contributed by atoms with Gasteiger partial charge in [-0.1, -0.05) is 41.9 Å². The van der Waals surface area contributed by atoms with E-state index in [4.69, 9.17) is 4.52 Å². The fraction of sp³-hybridized carbons (Fsp3) is 0.429. The zero-order valence-electron chi connectivity index (χ0n) is 11.1. The molecule has 1 aromatic carbocycles. The monoisotopic (exact) mass is 245 g/mol. The van der Waals surface area contributed by atoms with Gasteiger partial charge in [0.25, 0.3) is 0 Å². The SMILES string of the molecule is CCC(NCc1noc(C)n1)c1ccc(C)cc1. The molecule has 0 saturated heterocycles. The molecule has 0 spiro atoms. The smallest absolute Gasteiger partial charge is 0.223 e. The summed E-state index contributed by atoms with van der Waals surface area (Å²) < 4.78 is 4.95. The average molecular weight is 245 g/mol. The molecule has 0 radical (unpaired) electrons. The van der Waals surface area contributed by atoms with Crippen molar-refractivity contribution in [3.05, 3.63) is 47.1 Å². The summed E-state index contributed by atoms with van der Waals surface area (Å²) in [7, 11) is 0. The van der Waals surface area contributed by atoms with Gasteiger partial charge in [0.05, 0.1) is 6.54 Å². The molecule has 0 saturated carbocycles. The van der Waals surface area contributed by atoms with Gasteiger partial charge in [-0.25, -0.2) is 0 Å². The molecule has 0 fully saturated rings. The second-order valence-electron chi connectivity index (χ2n) is 4.48. The van der Waals surface area contributed by atoms with Crippen LogP contribution in [0.15, 0.2) is 28.8 Å². The Labute approximate surface area is 107 Å². The van der Waals surface area contributed by atoms with Crippen LogP contribution in [-0.4, -0.2) is 10.1 Å². The summed E-state index contributed by atoms with van der Waals surface area (Å²) in [6.07, 6.45) is 1.03. The highest BCUT2D eigenvalue weighted by atomic mass is 16.5. The summed E-state index contributed by atoms with van der Waals surface area (Å²) >= 11 is 0. The number of aryl methyl sites for hydroxylation is 2. The van der Waals surface area contributed by atoms with Crippen LogP contribution in [0, 0.1) is 13.8 Å². The molecule has 4 nitrogen and oxygen atoms in total. The summed E-state index contributed by atoms with van der Waals surface area (Å²) in [5.41, 5.74) is 2.57. The van der Waals surface area contributed by atoms with Gasteiger partial charge in [0.2, 0.25) is 5.89 Å². The standard InChI is InChI=1S/C14H19N3O/c1-4-13(12-7-5-10(2)6-8-12)15-9-14-16-11(3)18-17-14/h5-8,13,15H,4,9H2,1-3H3. The zero-order chi connectivity index (χ0) is 13.0. The first kappa shape index (κ1) is 12.8. The minimum Gasteiger partial charge on any atom is -0.340 e. The van der Waals surface area contributed by atoms with E-state index >= 15 is 0 Å². The van der Waals surface area contributed by atoms with Crippen LogP contribution in [0.5, 0.6) is 0 Å². The quantitative estimate of drug-likeness (QED) is 0.880. The number of aromatic nitrogens is 2. The van der Waals surface area contributed by atoms with Crippen molar-refractivity contribution in [1.29, 1.82) is 0 Å². The third kappa shape index (κ3) is 3.17. The Hall–Kier alpha value is -1.68. The maximum atomic E-state index is 4.95. The molecule has 96 valence electrons. The van der Waals surface area contributed by atoms with Crippen molar-refractivity contribution in [2.75, 3.05) is 0 Å². The van der Waals surface area contributed by atoms with Crippen molar-refractivity contribution in [2.24, 2.45) is 0 Å².